The maximum atomic E-state index is 11.1. The third-order valence-corrected chi connectivity index (χ3v) is 2.92. The Bertz CT molecular complexity index is 435. The first-order valence-electron chi connectivity index (χ1n) is 6.19. The lowest BCUT2D eigenvalue weighted by atomic mass is 10.1. The Morgan fingerprint density at radius 3 is 2.65 bits per heavy atom. The minimum absolute atomic E-state index is 0.136. The van der Waals surface area contributed by atoms with Gasteiger partial charge in [-0.2, -0.15) is 0 Å². The first-order valence-corrected chi connectivity index (χ1v) is 6.19. The van der Waals surface area contributed by atoms with E-state index in [9.17, 15) is 9.59 Å². The zero-order valence-electron chi connectivity index (χ0n) is 11.0. The number of benzene rings is 1. The van der Waals surface area contributed by atoms with E-state index in [-0.39, 0.29) is 6.61 Å². The molecule has 1 saturated heterocycles. The average Bonchev–Trinajstić information content (AvgIpc) is 2.53. The molecule has 2 rings (SSSR count). The van der Waals surface area contributed by atoms with Gasteiger partial charge in [-0.1, -0.05) is 30.3 Å². The zero-order valence-corrected chi connectivity index (χ0v) is 11.0. The minimum atomic E-state index is -1.04. The van der Waals surface area contributed by atoms with Crippen LogP contribution in [-0.2, 0) is 28.5 Å². The van der Waals surface area contributed by atoms with Gasteiger partial charge in [0.15, 0.2) is 18.9 Å². The lowest BCUT2D eigenvalue weighted by Crippen LogP contribution is -2.45. The molecule has 1 heterocycles. The van der Waals surface area contributed by atoms with Crippen LogP contribution in [0.5, 0.6) is 0 Å². The van der Waals surface area contributed by atoms with Gasteiger partial charge < -0.3 is 23.7 Å². The standard InChI is InChI=1S/C14H16O6/c1-17-13(8-16)19-12-9-18-14(20-11(12)7-15)10-5-3-2-4-6-10/h2-8,11-14H,9H2,1H3/t11-,12+,13-,14+/m0/s1. The van der Waals surface area contributed by atoms with Crippen LogP contribution in [0.25, 0.3) is 0 Å². The van der Waals surface area contributed by atoms with Gasteiger partial charge in [0.2, 0.25) is 6.29 Å². The highest BCUT2D eigenvalue weighted by molar-refractivity contribution is 5.58. The number of methoxy groups -OCH3 is 1. The predicted octanol–water partition coefficient (Wildman–Crippen LogP) is 0.856. The number of aldehydes is 2. The van der Waals surface area contributed by atoms with Gasteiger partial charge in [-0.25, -0.2) is 0 Å². The molecule has 1 fully saturated rings. The molecule has 1 aliphatic rings. The summed E-state index contributed by atoms with van der Waals surface area (Å²) < 4.78 is 21.2. The monoisotopic (exact) mass is 280 g/mol. The molecular formula is C14H16O6. The van der Waals surface area contributed by atoms with Crippen LogP contribution < -0.4 is 0 Å². The molecule has 0 aliphatic carbocycles. The summed E-state index contributed by atoms with van der Waals surface area (Å²) in [6.45, 7) is 0.136. The summed E-state index contributed by atoms with van der Waals surface area (Å²) >= 11 is 0. The van der Waals surface area contributed by atoms with E-state index in [0.717, 1.165) is 5.56 Å². The SMILES string of the molecule is CO[C@H](C=O)O[C@@H]1CO[C@@H](c2ccccc2)O[C@H]1C=O. The summed E-state index contributed by atoms with van der Waals surface area (Å²) in [6, 6.07) is 9.28. The van der Waals surface area contributed by atoms with E-state index in [1.54, 1.807) is 0 Å². The second-order valence-corrected chi connectivity index (χ2v) is 4.23. The van der Waals surface area contributed by atoms with Crippen molar-refractivity contribution in [3.8, 4) is 0 Å². The van der Waals surface area contributed by atoms with Crippen molar-refractivity contribution in [1.29, 1.82) is 0 Å². The van der Waals surface area contributed by atoms with Crippen LogP contribution in [0.3, 0.4) is 0 Å². The normalized spacial score (nSPS) is 27.8. The summed E-state index contributed by atoms with van der Waals surface area (Å²) in [5.74, 6) is 0. The molecule has 108 valence electrons. The second kappa shape index (κ2) is 7.25. The van der Waals surface area contributed by atoms with E-state index in [1.807, 2.05) is 30.3 Å². The Kier molecular flexibility index (Phi) is 5.37. The number of hydrogen-bond donors (Lipinski definition) is 0. The molecule has 0 unspecified atom stereocenters. The summed E-state index contributed by atoms with van der Waals surface area (Å²) in [5, 5.41) is 0. The highest BCUT2D eigenvalue weighted by Gasteiger charge is 2.34. The van der Waals surface area contributed by atoms with Crippen LogP contribution in [0.15, 0.2) is 30.3 Å². The number of ether oxygens (including phenoxy) is 4. The van der Waals surface area contributed by atoms with E-state index in [1.165, 1.54) is 7.11 Å². The van der Waals surface area contributed by atoms with Gasteiger partial charge >= 0.3 is 0 Å². The van der Waals surface area contributed by atoms with E-state index in [2.05, 4.69) is 0 Å². The lowest BCUT2D eigenvalue weighted by molar-refractivity contribution is -0.276. The lowest BCUT2D eigenvalue weighted by Gasteiger charge is -2.34. The Morgan fingerprint density at radius 1 is 1.30 bits per heavy atom. The van der Waals surface area contributed by atoms with Crippen molar-refractivity contribution in [3.05, 3.63) is 35.9 Å². The maximum Gasteiger partial charge on any atom is 0.214 e. The molecule has 6 heteroatoms. The van der Waals surface area contributed by atoms with Gasteiger partial charge in [0.05, 0.1) is 6.61 Å². The summed E-state index contributed by atoms with van der Waals surface area (Å²) in [4.78, 5) is 21.8. The average molecular weight is 280 g/mol. The summed E-state index contributed by atoms with van der Waals surface area (Å²) in [7, 11) is 1.34. The quantitative estimate of drug-likeness (QED) is 0.568. The van der Waals surface area contributed by atoms with E-state index < -0.39 is 24.8 Å². The van der Waals surface area contributed by atoms with Crippen molar-refractivity contribution in [2.45, 2.75) is 24.8 Å². The van der Waals surface area contributed by atoms with Crippen LogP contribution in [0.1, 0.15) is 11.9 Å². The third-order valence-electron chi connectivity index (χ3n) is 2.92. The van der Waals surface area contributed by atoms with Crippen LogP contribution in [0.4, 0.5) is 0 Å². The van der Waals surface area contributed by atoms with Crippen LogP contribution in [0, 0.1) is 0 Å². The fraction of sp³-hybridized carbons (Fsp3) is 0.429. The molecule has 6 nitrogen and oxygen atoms in total. The molecule has 0 radical (unpaired) electrons. The van der Waals surface area contributed by atoms with Crippen molar-refractivity contribution < 1.29 is 28.5 Å². The summed E-state index contributed by atoms with van der Waals surface area (Å²) in [6.07, 6.45) is -2.01. The molecule has 0 spiro atoms. The van der Waals surface area contributed by atoms with Crippen molar-refractivity contribution in [3.63, 3.8) is 0 Å². The molecule has 4 atom stereocenters. The molecule has 0 amide bonds. The Morgan fingerprint density at radius 2 is 2.05 bits per heavy atom. The Balaban J connectivity index is 2.01. The zero-order chi connectivity index (χ0) is 14.4. The van der Waals surface area contributed by atoms with Crippen molar-refractivity contribution >= 4 is 12.6 Å². The highest BCUT2D eigenvalue weighted by Crippen LogP contribution is 2.27. The van der Waals surface area contributed by atoms with Crippen molar-refractivity contribution in [2.75, 3.05) is 13.7 Å². The smallest absolute Gasteiger partial charge is 0.214 e. The van der Waals surface area contributed by atoms with Crippen LogP contribution in [0.2, 0.25) is 0 Å². The molecule has 0 N–H and O–H groups in total. The number of hydrogen-bond acceptors (Lipinski definition) is 6. The van der Waals surface area contributed by atoms with Gasteiger partial charge in [-0.15, -0.1) is 0 Å². The second-order valence-electron chi connectivity index (χ2n) is 4.23. The molecule has 1 aromatic carbocycles. The summed E-state index contributed by atoms with van der Waals surface area (Å²) in [5.41, 5.74) is 0.816. The first-order chi connectivity index (χ1) is 9.78. The molecule has 0 bridgehead atoms. The van der Waals surface area contributed by atoms with Crippen molar-refractivity contribution in [1.82, 2.24) is 0 Å². The van der Waals surface area contributed by atoms with E-state index >= 15 is 0 Å². The topological polar surface area (TPSA) is 71.1 Å². The van der Waals surface area contributed by atoms with Crippen molar-refractivity contribution in [2.24, 2.45) is 0 Å². The molecular weight excluding hydrogens is 264 g/mol. The molecule has 20 heavy (non-hydrogen) atoms. The Labute approximate surface area is 116 Å². The van der Waals surface area contributed by atoms with E-state index in [4.69, 9.17) is 18.9 Å². The van der Waals surface area contributed by atoms with Gasteiger partial charge in [0.25, 0.3) is 0 Å². The minimum Gasteiger partial charge on any atom is -0.350 e. The fourth-order valence-corrected chi connectivity index (χ4v) is 1.88. The number of carbonyl (C=O) groups is 2. The third kappa shape index (κ3) is 3.49. The Hall–Kier alpha value is -1.60. The number of rotatable bonds is 6. The molecule has 1 aliphatic heterocycles. The van der Waals surface area contributed by atoms with Crippen LogP contribution >= 0.6 is 0 Å². The van der Waals surface area contributed by atoms with Gasteiger partial charge in [-0.3, -0.25) is 4.79 Å². The van der Waals surface area contributed by atoms with E-state index in [0.29, 0.717) is 12.6 Å². The van der Waals surface area contributed by atoms with Gasteiger partial charge in [0.1, 0.15) is 12.2 Å². The maximum absolute atomic E-state index is 11.1. The highest BCUT2D eigenvalue weighted by atomic mass is 16.7. The largest absolute Gasteiger partial charge is 0.350 e. The molecule has 1 aromatic rings. The first kappa shape index (κ1) is 14.8. The molecule has 0 saturated carbocycles. The predicted molar refractivity (Wildman–Crippen MR) is 67.8 cm³/mol. The number of carbonyl (C=O) groups excluding carboxylic acids is 2. The fourth-order valence-electron chi connectivity index (χ4n) is 1.88. The molecule has 0 aromatic heterocycles. The van der Waals surface area contributed by atoms with Crippen LogP contribution in [-0.4, -0.2) is 44.8 Å². The van der Waals surface area contributed by atoms with Gasteiger partial charge in [-0.05, 0) is 0 Å². The van der Waals surface area contributed by atoms with Gasteiger partial charge in [0, 0.05) is 12.7 Å².